The number of carbonyl (C=O) groups excluding carboxylic acids is 3. The Balaban J connectivity index is 2.03. The Kier molecular flexibility index (Phi) is 2.60. The quantitative estimate of drug-likeness (QED) is 0.674. The van der Waals surface area contributed by atoms with Gasteiger partial charge in [-0.25, -0.2) is 0 Å². The number of aromatic nitrogens is 1. The molecule has 1 aliphatic heterocycles. The summed E-state index contributed by atoms with van der Waals surface area (Å²) in [5.74, 6) is -0.852. The number of nitrogens with one attached hydrogen (secondary N) is 2. The summed E-state index contributed by atoms with van der Waals surface area (Å²) >= 11 is 0. The van der Waals surface area contributed by atoms with E-state index in [9.17, 15) is 14.4 Å². The first kappa shape index (κ1) is 13.5. The molecule has 2 heterocycles. The molecule has 0 atom stereocenters. The van der Waals surface area contributed by atoms with Crippen LogP contribution in [0.4, 0.5) is 0 Å². The van der Waals surface area contributed by atoms with Gasteiger partial charge in [-0.05, 0) is 24.3 Å². The zero-order chi connectivity index (χ0) is 16.3. The fourth-order valence-electron chi connectivity index (χ4n) is 3.05. The molecule has 2 N–H and O–H groups in total. The van der Waals surface area contributed by atoms with Crippen LogP contribution in [0.5, 0.6) is 0 Å². The second kappa shape index (κ2) is 4.42. The lowest BCUT2D eigenvalue weighted by Crippen LogP contribution is -2.21. The lowest BCUT2D eigenvalue weighted by molar-refractivity contribution is 0.0825. The minimum atomic E-state index is -0.384. The number of hydrogen-bond donors (Lipinski definition) is 2. The van der Waals surface area contributed by atoms with Crippen molar-refractivity contribution in [2.24, 2.45) is 0 Å². The number of imide groups is 1. The predicted octanol–water partition coefficient (Wildman–Crippen LogP) is 1.91. The average Bonchev–Trinajstić information content (AvgIpc) is 3.03. The third kappa shape index (κ3) is 1.78. The minimum absolute atomic E-state index is 0.0938. The van der Waals surface area contributed by atoms with E-state index in [0.29, 0.717) is 22.1 Å². The zero-order valence-electron chi connectivity index (χ0n) is 12.6. The van der Waals surface area contributed by atoms with Crippen LogP contribution < -0.4 is 5.32 Å². The predicted molar refractivity (Wildman–Crippen MR) is 85.6 cm³/mol. The van der Waals surface area contributed by atoms with Crippen LogP contribution in [-0.4, -0.2) is 41.7 Å². The van der Waals surface area contributed by atoms with Gasteiger partial charge < -0.3 is 9.88 Å². The number of H-pyrrole nitrogens is 1. The normalized spacial score (nSPS) is 13.5. The van der Waals surface area contributed by atoms with Crippen LogP contribution >= 0.6 is 0 Å². The van der Waals surface area contributed by atoms with Gasteiger partial charge in [0.25, 0.3) is 17.7 Å². The topological polar surface area (TPSA) is 82.3 Å². The number of hydrogen-bond acceptors (Lipinski definition) is 3. The number of fused-ring (bicyclic) bond motifs is 5. The van der Waals surface area contributed by atoms with Gasteiger partial charge in [0, 0.05) is 41.5 Å². The maximum absolute atomic E-state index is 12.1. The SMILES string of the molecule is CN(C)C(=O)c1ccc2c(c1)[nH]c1ccc3c(c12)C(=O)NC3=O. The molecule has 0 radical (unpaired) electrons. The van der Waals surface area contributed by atoms with Gasteiger partial charge >= 0.3 is 0 Å². The lowest BCUT2D eigenvalue weighted by atomic mass is 10.0. The molecule has 3 aromatic rings. The summed E-state index contributed by atoms with van der Waals surface area (Å²) in [4.78, 5) is 40.7. The fourth-order valence-corrected chi connectivity index (χ4v) is 3.05. The molecule has 0 saturated carbocycles. The van der Waals surface area contributed by atoms with Crippen LogP contribution in [0, 0.1) is 0 Å². The number of aromatic amines is 1. The van der Waals surface area contributed by atoms with Crippen molar-refractivity contribution >= 4 is 39.5 Å². The largest absolute Gasteiger partial charge is 0.354 e. The van der Waals surface area contributed by atoms with E-state index < -0.39 is 0 Å². The van der Waals surface area contributed by atoms with Crippen molar-refractivity contribution in [3.63, 3.8) is 0 Å². The molecule has 6 nitrogen and oxygen atoms in total. The number of carbonyl (C=O) groups is 3. The van der Waals surface area contributed by atoms with Crippen molar-refractivity contribution in [3.8, 4) is 0 Å². The third-order valence-electron chi connectivity index (χ3n) is 4.12. The molecule has 3 amide bonds. The first-order chi connectivity index (χ1) is 11.0. The van der Waals surface area contributed by atoms with Gasteiger partial charge in [-0.15, -0.1) is 0 Å². The Hall–Kier alpha value is -3.15. The van der Waals surface area contributed by atoms with E-state index in [2.05, 4.69) is 10.3 Å². The molecule has 23 heavy (non-hydrogen) atoms. The standard InChI is InChI=1S/C17H13N3O3/c1-20(2)17(23)8-3-4-9-12(7-8)18-11-6-5-10-14(13(9)11)16(22)19-15(10)21/h3-7,18H,1-2H3,(H,19,21,22). The Morgan fingerprint density at radius 1 is 1.00 bits per heavy atom. The molecule has 0 bridgehead atoms. The fraction of sp³-hybridized carbons (Fsp3) is 0.118. The van der Waals surface area contributed by atoms with Gasteiger partial charge in [0.05, 0.1) is 11.1 Å². The lowest BCUT2D eigenvalue weighted by Gasteiger charge is -2.09. The van der Waals surface area contributed by atoms with E-state index in [1.165, 1.54) is 4.90 Å². The maximum Gasteiger partial charge on any atom is 0.259 e. The number of benzene rings is 2. The molecule has 0 aliphatic carbocycles. The van der Waals surface area contributed by atoms with Crippen LogP contribution in [0.3, 0.4) is 0 Å². The van der Waals surface area contributed by atoms with Crippen molar-refractivity contribution in [2.45, 2.75) is 0 Å². The summed E-state index contributed by atoms with van der Waals surface area (Å²) in [6, 6.07) is 8.71. The number of amides is 3. The van der Waals surface area contributed by atoms with Gasteiger partial charge in [-0.3, -0.25) is 19.7 Å². The molecule has 1 aromatic heterocycles. The van der Waals surface area contributed by atoms with E-state index >= 15 is 0 Å². The highest BCUT2D eigenvalue weighted by Crippen LogP contribution is 2.33. The third-order valence-corrected chi connectivity index (χ3v) is 4.12. The molecule has 4 rings (SSSR count). The van der Waals surface area contributed by atoms with Crippen molar-refractivity contribution in [1.82, 2.24) is 15.2 Å². The number of nitrogens with zero attached hydrogens (tertiary/aromatic N) is 1. The Labute approximate surface area is 131 Å². The first-order valence-corrected chi connectivity index (χ1v) is 7.13. The van der Waals surface area contributed by atoms with Crippen molar-refractivity contribution in [1.29, 1.82) is 0 Å². The van der Waals surface area contributed by atoms with Crippen molar-refractivity contribution in [3.05, 3.63) is 47.0 Å². The van der Waals surface area contributed by atoms with Gasteiger partial charge in [-0.2, -0.15) is 0 Å². The molecular weight excluding hydrogens is 294 g/mol. The van der Waals surface area contributed by atoms with E-state index in [0.717, 1.165) is 16.4 Å². The zero-order valence-corrected chi connectivity index (χ0v) is 12.6. The van der Waals surface area contributed by atoms with Gasteiger partial charge in [0.1, 0.15) is 0 Å². The second-order valence-corrected chi connectivity index (χ2v) is 5.78. The van der Waals surface area contributed by atoms with Crippen LogP contribution in [0.2, 0.25) is 0 Å². The average molecular weight is 307 g/mol. The van der Waals surface area contributed by atoms with Crippen LogP contribution in [-0.2, 0) is 0 Å². The summed E-state index contributed by atoms with van der Waals surface area (Å²) in [5.41, 5.74) is 2.86. The molecule has 114 valence electrons. The summed E-state index contributed by atoms with van der Waals surface area (Å²) in [6.07, 6.45) is 0. The summed E-state index contributed by atoms with van der Waals surface area (Å²) < 4.78 is 0. The Morgan fingerprint density at radius 2 is 1.78 bits per heavy atom. The summed E-state index contributed by atoms with van der Waals surface area (Å²) in [5, 5.41) is 3.85. The molecule has 0 unspecified atom stereocenters. The molecule has 0 spiro atoms. The van der Waals surface area contributed by atoms with Gasteiger partial charge in [0.15, 0.2) is 0 Å². The highest BCUT2D eigenvalue weighted by atomic mass is 16.2. The van der Waals surface area contributed by atoms with Crippen LogP contribution in [0.15, 0.2) is 30.3 Å². The first-order valence-electron chi connectivity index (χ1n) is 7.13. The highest BCUT2D eigenvalue weighted by Gasteiger charge is 2.30. The Morgan fingerprint density at radius 3 is 2.52 bits per heavy atom. The monoisotopic (exact) mass is 307 g/mol. The second-order valence-electron chi connectivity index (χ2n) is 5.78. The molecular formula is C17H13N3O3. The minimum Gasteiger partial charge on any atom is -0.354 e. The van der Waals surface area contributed by atoms with Gasteiger partial charge in [0.2, 0.25) is 0 Å². The van der Waals surface area contributed by atoms with Crippen LogP contribution in [0.1, 0.15) is 31.1 Å². The molecule has 0 saturated heterocycles. The molecule has 2 aromatic carbocycles. The van der Waals surface area contributed by atoms with Crippen LogP contribution in [0.25, 0.3) is 21.8 Å². The molecule has 6 heteroatoms. The van der Waals surface area contributed by atoms with E-state index in [1.54, 1.807) is 44.4 Å². The smallest absolute Gasteiger partial charge is 0.259 e. The number of rotatable bonds is 1. The maximum atomic E-state index is 12.1. The summed E-state index contributed by atoms with van der Waals surface area (Å²) in [7, 11) is 3.39. The highest BCUT2D eigenvalue weighted by molar-refractivity contribution is 6.30. The molecule has 1 aliphatic rings. The van der Waals surface area contributed by atoms with Crippen molar-refractivity contribution in [2.75, 3.05) is 14.1 Å². The molecule has 0 fully saturated rings. The Bertz CT molecular complexity index is 1030. The van der Waals surface area contributed by atoms with E-state index in [1.807, 2.05) is 0 Å². The van der Waals surface area contributed by atoms with E-state index in [4.69, 9.17) is 0 Å². The summed E-state index contributed by atoms with van der Waals surface area (Å²) in [6.45, 7) is 0. The van der Waals surface area contributed by atoms with Gasteiger partial charge in [-0.1, -0.05) is 6.07 Å². The van der Waals surface area contributed by atoms with Crippen molar-refractivity contribution < 1.29 is 14.4 Å². The van der Waals surface area contributed by atoms with E-state index in [-0.39, 0.29) is 17.7 Å².